The molecule has 1 aromatic rings. The van der Waals surface area contributed by atoms with Crippen LogP contribution < -0.4 is 5.56 Å². The minimum Gasteiger partial charge on any atom is -0.336 e. The Bertz CT molecular complexity index is 784. The van der Waals surface area contributed by atoms with Gasteiger partial charge in [-0.1, -0.05) is 0 Å². The topological polar surface area (TPSA) is 48.8 Å². The standard InChI is InChI=1S/C21H30N4O2/c1-15-4-9-25(17-2-3-17)21(27)19(15)20(26)24-12-10-23(11-13-24)18-14-22-7-5-16(18)6-8-22/h4,9,16-18H,2-3,5-8,10-14H2,1H3. The number of piperazine rings is 1. The van der Waals surface area contributed by atoms with Crippen LogP contribution in [0, 0.1) is 12.8 Å². The van der Waals surface area contributed by atoms with Crippen molar-refractivity contribution in [3.05, 3.63) is 33.7 Å². The van der Waals surface area contributed by atoms with E-state index in [0.29, 0.717) is 17.6 Å². The molecule has 1 amide bonds. The number of carbonyl (C=O) groups excluding carboxylic acids is 1. The Labute approximate surface area is 160 Å². The van der Waals surface area contributed by atoms with Crippen LogP contribution in [-0.4, -0.2) is 77.0 Å². The summed E-state index contributed by atoms with van der Waals surface area (Å²) in [5.74, 6) is 0.764. The number of rotatable bonds is 3. The van der Waals surface area contributed by atoms with E-state index in [9.17, 15) is 9.59 Å². The molecule has 6 heteroatoms. The lowest BCUT2D eigenvalue weighted by atomic mass is 9.83. The molecule has 0 radical (unpaired) electrons. The van der Waals surface area contributed by atoms with Gasteiger partial charge in [-0.3, -0.25) is 14.5 Å². The van der Waals surface area contributed by atoms with E-state index in [1.165, 1.54) is 32.5 Å². The molecule has 5 fully saturated rings. The van der Waals surface area contributed by atoms with Crippen molar-refractivity contribution in [3.63, 3.8) is 0 Å². The van der Waals surface area contributed by atoms with Gasteiger partial charge in [0.05, 0.1) is 0 Å². The third-order valence-corrected chi connectivity index (χ3v) is 7.17. The van der Waals surface area contributed by atoms with Crippen molar-refractivity contribution in [1.29, 1.82) is 0 Å². The number of hydrogen-bond acceptors (Lipinski definition) is 4. The molecule has 0 N–H and O–H groups in total. The van der Waals surface area contributed by atoms with Gasteiger partial charge in [-0.15, -0.1) is 0 Å². The van der Waals surface area contributed by atoms with Crippen molar-refractivity contribution in [1.82, 2.24) is 19.3 Å². The first-order chi connectivity index (χ1) is 13.1. The molecule has 27 heavy (non-hydrogen) atoms. The Balaban J connectivity index is 1.28. The number of piperidine rings is 3. The lowest BCUT2D eigenvalue weighted by molar-refractivity contribution is -0.0131. The van der Waals surface area contributed by atoms with Gasteiger partial charge >= 0.3 is 0 Å². The van der Waals surface area contributed by atoms with Crippen molar-refractivity contribution >= 4 is 5.91 Å². The molecule has 6 rings (SSSR count). The van der Waals surface area contributed by atoms with E-state index in [1.807, 2.05) is 24.1 Å². The van der Waals surface area contributed by atoms with Crippen molar-refractivity contribution in [2.45, 2.75) is 44.7 Å². The summed E-state index contributed by atoms with van der Waals surface area (Å²) in [5.41, 5.74) is 1.10. The highest BCUT2D eigenvalue weighted by Gasteiger charge is 2.39. The Morgan fingerprint density at radius 1 is 1.00 bits per heavy atom. The lowest BCUT2D eigenvalue weighted by Gasteiger charge is -2.51. The van der Waals surface area contributed by atoms with Crippen LogP contribution >= 0.6 is 0 Å². The number of amides is 1. The normalized spacial score (nSPS) is 31.3. The molecule has 146 valence electrons. The van der Waals surface area contributed by atoms with E-state index in [-0.39, 0.29) is 11.5 Å². The first-order valence-corrected chi connectivity index (χ1v) is 10.6. The van der Waals surface area contributed by atoms with Gasteiger partial charge in [0.1, 0.15) is 5.56 Å². The summed E-state index contributed by atoms with van der Waals surface area (Å²) < 4.78 is 1.77. The number of aryl methyl sites for hydroxylation is 1. The summed E-state index contributed by atoms with van der Waals surface area (Å²) in [6, 6.07) is 2.89. The van der Waals surface area contributed by atoms with Gasteiger partial charge in [0.2, 0.25) is 0 Å². The van der Waals surface area contributed by atoms with Crippen molar-refractivity contribution < 1.29 is 4.79 Å². The number of pyridine rings is 1. The van der Waals surface area contributed by atoms with Gasteiger partial charge in [-0.25, -0.2) is 0 Å². The summed E-state index contributed by atoms with van der Waals surface area (Å²) in [7, 11) is 0. The quantitative estimate of drug-likeness (QED) is 0.806. The largest absolute Gasteiger partial charge is 0.336 e. The molecule has 1 unspecified atom stereocenters. The fraction of sp³-hybridized carbons (Fsp3) is 0.714. The monoisotopic (exact) mass is 370 g/mol. The molecule has 2 bridgehead atoms. The Hall–Kier alpha value is -1.66. The number of fused-ring (bicyclic) bond motifs is 3. The zero-order valence-corrected chi connectivity index (χ0v) is 16.3. The zero-order valence-electron chi connectivity index (χ0n) is 16.3. The smallest absolute Gasteiger partial charge is 0.263 e. The predicted molar refractivity (Wildman–Crippen MR) is 104 cm³/mol. The first kappa shape index (κ1) is 17.4. The van der Waals surface area contributed by atoms with E-state index in [2.05, 4.69) is 9.80 Å². The minimum atomic E-state index is -0.0951. The van der Waals surface area contributed by atoms with Crippen LogP contribution in [0.4, 0.5) is 0 Å². The van der Waals surface area contributed by atoms with E-state index in [0.717, 1.165) is 50.5 Å². The minimum absolute atomic E-state index is 0.0685. The lowest BCUT2D eigenvalue weighted by Crippen LogP contribution is -2.61. The number of aromatic nitrogens is 1. The maximum Gasteiger partial charge on any atom is 0.263 e. The first-order valence-electron chi connectivity index (χ1n) is 10.6. The summed E-state index contributed by atoms with van der Waals surface area (Å²) in [5, 5.41) is 0. The highest BCUT2D eigenvalue weighted by Crippen LogP contribution is 2.34. The van der Waals surface area contributed by atoms with E-state index >= 15 is 0 Å². The van der Waals surface area contributed by atoms with Crippen LogP contribution in [0.25, 0.3) is 0 Å². The molecule has 0 aromatic carbocycles. The van der Waals surface area contributed by atoms with E-state index in [4.69, 9.17) is 0 Å². The summed E-state index contributed by atoms with van der Waals surface area (Å²) >= 11 is 0. The molecule has 1 aliphatic carbocycles. The average Bonchev–Trinajstić information content (AvgIpc) is 3.54. The fourth-order valence-corrected chi connectivity index (χ4v) is 5.30. The number of carbonyl (C=O) groups is 1. The predicted octanol–water partition coefficient (Wildman–Crippen LogP) is 1.34. The third kappa shape index (κ3) is 3.13. The van der Waals surface area contributed by atoms with Crippen LogP contribution in [0.3, 0.4) is 0 Å². The Morgan fingerprint density at radius 2 is 1.70 bits per heavy atom. The molecule has 5 aliphatic rings. The van der Waals surface area contributed by atoms with Gasteiger partial charge in [-0.2, -0.15) is 0 Å². The number of nitrogens with zero attached hydrogens (tertiary/aromatic N) is 4. The average molecular weight is 370 g/mol. The maximum atomic E-state index is 13.1. The van der Waals surface area contributed by atoms with Crippen LogP contribution in [0.2, 0.25) is 0 Å². The van der Waals surface area contributed by atoms with Gasteiger partial charge in [0.25, 0.3) is 11.5 Å². The van der Waals surface area contributed by atoms with Crippen LogP contribution in [0.5, 0.6) is 0 Å². The second-order valence-electron chi connectivity index (χ2n) is 8.85. The maximum absolute atomic E-state index is 13.1. The molecule has 1 aromatic heterocycles. The van der Waals surface area contributed by atoms with Crippen molar-refractivity contribution in [2.24, 2.45) is 5.92 Å². The van der Waals surface area contributed by atoms with Gasteiger partial charge in [0, 0.05) is 51.0 Å². The van der Waals surface area contributed by atoms with Gasteiger partial charge in [0.15, 0.2) is 0 Å². The van der Waals surface area contributed by atoms with E-state index < -0.39 is 0 Å². The second kappa shape index (κ2) is 6.74. The fourth-order valence-electron chi connectivity index (χ4n) is 5.30. The third-order valence-electron chi connectivity index (χ3n) is 7.17. The SMILES string of the molecule is Cc1ccn(C2CC2)c(=O)c1C(=O)N1CCN(C2CN3CCC2CC3)CC1. The van der Waals surface area contributed by atoms with Gasteiger partial charge in [-0.05, 0) is 63.2 Å². The van der Waals surface area contributed by atoms with Crippen molar-refractivity contribution in [3.8, 4) is 0 Å². The molecule has 4 saturated heterocycles. The Kier molecular flexibility index (Phi) is 4.36. The molecule has 6 nitrogen and oxygen atoms in total. The second-order valence-corrected chi connectivity index (χ2v) is 8.85. The summed E-state index contributed by atoms with van der Waals surface area (Å²) in [6.45, 7) is 8.95. The highest BCUT2D eigenvalue weighted by atomic mass is 16.2. The molecular weight excluding hydrogens is 340 g/mol. The van der Waals surface area contributed by atoms with Crippen LogP contribution in [-0.2, 0) is 0 Å². The molecule has 1 atom stereocenters. The van der Waals surface area contributed by atoms with Crippen LogP contribution in [0.1, 0.15) is 47.6 Å². The molecule has 1 saturated carbocycles. The number of hydrogen-bond donors (Lipinski definition) is 0. The van der Waals surface area contributed by atoms with E-state index in [1.54, 1.807) is 4.57 Å². The highest BCUT2D eigenvalue weighted by molar-refractivity contribution is 5.95. The molecule has 4 aliphatic heterocycles. The molecular formula is C21H30N4O2. The summed E-state index contributed by atoms with van der Waals surface area (Å²) in [6.07, 6.45) is 6.61. The Morgan fingerprint density at radius 3 is 2.30 bits per heavy atom. The van der Waals surface area contributed by atoms with Gasteiger partial charge < -0.3 is 14.4 Å². The zero-order chi connectivity index (χ0) is 18.5. The molecule has 5 heterocycles. The molecule has 0 spiro atoms. The van der Waals surface area contributed by atoms with Crippen molar-refractivity contribution in [2.75, 3.05) is 45.8 Å². The summed E-state index contributed by atoms with van der Waals surface area (Å²) in [4.78, 5) is 33.1. The van der Waals surface area contributed by atoms with Crippen LogP contribution in [0.15, 0.2) is 17.1 Å².